The molecule has 2 N–H and O–H groups in total. The van der Waals surface area contributed by atoms with Crippen LogP contribution in [0.5, 0.6) is 0 Å². The van der Waals surface area contributed by atoms with Crippen molar-refractivity contribution in [1.82, 2.24) is 0 Å². The average Bonchev–Trinajstić information content (AvgIpc) is 2.27. The molecule has 0 saturated carbocycles. The first-order chi connectivity index (χ1) is 9.90. The Morgan fingerprint density at radius 2 is 1.91 bits per heavy atom. The molecule has 0 aromatic heterocycles. The minimum atomic E-state index is -3.69. The molecule has 1 rings (SSSR count). The number of anilines is 1. The largest absolute Gasteiger partial charge is 0.481 e. The number of carbonyl (C=O) groups excluding carboxylic acids is 1. The van der Waals surface area contributed by atoms with E-state index >= 15 is 0 Å². The van der Waals surface area contributed by atoms with Crippen LogP contribution in [0, 0.1) is 0 Å². The van der Waals surface area contributed by atoms with Gasteiger partial charge in [0, 0.05) is 10.6 Å². The van der Waals surface area contributed by atoms with Crippen molar-refractivity contribution in [1.29, 1.82) is 0 Å². The SMILES string of the molecule is CC(C)(C)OC(=O)Nc1ccc(Cl)cc1C(F)(F)CC(=O)O. The number of carboxylic acids is 1. The molecule has 0 fully saturated rings. The third-order valence-corrected chi connectivity index (χ3v) is 2.62. The topological polar surface area (TPSA) is 75.6 Å². The average molecular weight is 336 g/mol. The van der Waals surface area contributed by atoms with Gasteiger partial charge in [-0.15, -0.1) is 0 Å². The number of nitrogens with one attached hydrogen (secondary N) is 1. The van der Waals surface area contributed by atoms with Gasteiger partial charge in [-0.3, -0.25) is 10.1 Å². The summed E-state index contributed by atoms with van der Waals surface area (Å²) in [5.74, 6) is -5.37. The molecule has 0 bridgehead atoms. The molecule has 1 aromatic carbocycles. The number of aliphatic carboxylic acids is 1. The molecule has 8 heteroatoms. The quantitative estimate of drug-likeness (QED) is 0.862. The molecule has 0 heterocycles. The Bertz CT molecular complexity index is 585. The Kier molecular flexibility index (Phi) is 5.35. The maximum Gasteiger partial charge on any atom is 0.412 e. The lowest BCUT2D eigenvalue weighted by atomic mass is 10.0. The van der Waals surface area contributed by atoms with Crippen molar-refractivity contribution in [3.63, 3.8) is 0 Å². The summed E-state index contributed by atoms with van der Waals surface area (Å²) in [5, 5.41) is 10.8. The number of rotatable bonds is 4. The number of carboxylic acid groups (broad SMARTS) is 1. The van der Waals surface area contributed by atoms with Crippen LogP contribution >= 0.6 is 11.6 Å². The van der Waals surface area contributed by atoms with Crippen molar-refractivity contribution in [3.05, 3.63) is 28.8 Å². The van der Waals surface area contributed by atoms with Gasteiger partial charge in [-0.2, -0.15) is 0 Å². The Morgan fingerprint density at radius 3 is 2.41 bits per heavy atom. The summed E-state index contributed by atoms with van der Waals surface area (Å²) in [4.78, 5) is 22.3. The number of ether oxygens (including phenoxy) is 1. The minimum absolute atomic E-state index is 0.00481. The summed E-state index contributed by atoms with van der Waals surface area (Å²) in [6.07, 6.45) is -2.35. The van der Waals surface area contributed by atoms with Crippen molar-refractivity contribution < 1.29 is 28.2 Å². The smallest absolute Gasteiger partial charge is 0.412 e. The second kappa shape index (κ2) is 6.48. The molecule has 0 radical (unpaired) electrons. The lowest BCUT2D eigenvalue weighted by Crippen LogP contribution is -2.28. The van der Waals surface area contributed by atoms with Crippen LogP contribution in [0.1, 0.15) is 32.8 Å². The van der Waals surface area contributed by atoms with E-state index in [1.54, 1.807) is 20.8 Å². The first-order valence-corrected chi connectivity index (χ1v) is 6.68. The van der Waals surface area contributed by atoms with Gasteiger partial charge in [0.15, 0.2) is 0 Å². The van der Waals surface area contributed by atoms with Gasteiger partial charge in [0.05, 0.1) is 5.69 Å². The van der Waals surface area contributed by atoms with Crippen LogP contribution in [-0.4, -0.2) is 22.8 Å². The monoisotopic (exact) mass is 335 g/mol. The maximum atomic E-state index is 14.0. The first-order valence-electron chi connectivity index (χ1n) is 6.30. The highest BCUT2D eigenvalue weighted by atomic mass is 35.5. The molecular formula is C14H16ClF2NO4. The van der Waals surface area contributed by atoms with E-state index < -0.39 is 35.6 Å². The molecule has 5 nitrogen and oxygen atoms in total. The number of benzene rings is 1. The number of alkyl halides is 2. The Balaban J connectivity index is 3.11. The summed E-state index contributed by atoms with van der Waals surface area (Å²) >= 11 is 5.68. The molecule has 1 aromatic rings. The van der Waals surface area contributed by atoms with Gasteiger partial charge < -0.3 is 9.84 Å². The molecule has 0 saturated heterocycles. The third-order valence-electron chi connectivity index (χ3n) is 2.38. The summed E-state index contributed by atoms with van der Waals surface area (Å²) in [5.41, 5.74) is -1.75. The molecule has 0 aliphatic heterocycles. The summed E-state index contributed by atoms with van der Waals surface area (Å²) < 4.78 is 33.0. The van der Waals surface area contributed by atoms with Gasteiger partial charge in [0.2, 0.25) is 0 Å². The van der Waals surface area contributed by atoms with E-state index in [-0.39, 0.29) is 10.7 Å². The molecule has 0 spiro atoms. The summed E-state index contributed by atoms with van der Waals surface area (Å²) in [6.45, 7) is 4.86. The van der Waals surface area contributed by atoms with Crippen LogP contribution in [0.4, 0.5) is 19.3 Å². The number of carbonyl (C=O) groups is 2. The van der Waals surface area contributed by atoms with Crippen LogP contribution < -0.4 is 5.32 Å². The van der Waals surface area contributed by atoms with E-state index in [9.17, 15) is 18.4 Å². The van der Waals surface area contributed by atoms with E-state index in [4.69, 9.17) is 21.4 Å². The lowest BCUT2D eigenvalue weighted by Gasteiger charge is -2.22. The van der Waals surface area contributed by atoms with Gasteiger partial charge in [-0.25, -0.2) is 13.6 Å². The van der Waals surface area contributed by atoms with Crippen molar-refractivity contribution in [2.75, 3.05) is 5.32 Å². The van der Waals surface area contributed by atoms with E-state index in [0.29, 0.717) is 0 Å². The molecule has 0 aliphatic rings. The fraction of sp³-hybridized carbons (Fsp3) is 0.429. The zero-order chi connectivity index (χ0) is 17.1. The van der Waals surface area contributed by atoms with Crippen LogP contribution in [0.3, 0.4) is 0 Å². The maximum absolute atomic E-state index is 14.0. The first kappa shape index (κ1) is 18.2. The second-order valence-corrected chi connectivity index (χ2v) is 6.03. The molecule has 1 amide bonds. The van der Waals surface area contributed by atoms with E-state index in [1.807, 2.05) is 0 Å². The van der Waals surface area contributed by atoms with Crippen LogP contribution in [0.2, 0.25) is 5.02 Å². The molecule has 22 heavy (non-hydrogen) atoms. The highest BCUT2D eigenvalue weighted by Crippen LogP contribution is 2.38. The third kappa shape index (κ3) is 5.48. The Morgan fingerprint density at radius 1 is 1.32 bits per heavy atom. The van der Waals surface area contributed by atoms with Gasteiger partial charge >= 0.3 is 12.1 Å². The van der Waals surface area contributed by atoms with Crippen molar-refractivity contribution >= 4 is 29.4 Å². The second-order valence-electron chi connectivity index (χ2n) is 5.59. The fourth-order valence-electron chi connectivity index (χ4n) is 1.63. The Hall–Kier alpha value is -1.89. The molecule has 0 atom stereocenters. The van der Waals surface area contributed by atoms with Gasteiger partial charge in [-0.1, -0.05) is 11.6 Å². The Labute approximate surface area is 131 Å². The molecule has 0 aliphatic carbocycles. The highest BCUT2D eigenvalue weighted by molar-refractivity contribution is 6.30. The molecule has 122 valence electrons. The van der Waals surface area contributed by atoms with Crippen molar-refractivity contribution in [2.24, 2.45) is 0 Å². The number of amides is 1. The van der Waals surface area contributed by atoms with Crippen LogP contribution in [0.15, 0.2) is 18.2 Å². The number of halogens is 3. The lowest BCUT2D eigenvalue weighted by molar-refractivity contribution is -0.145. The van der Waals surface area contributed by atoms with Crippen molar-refractivity contribution in [2.45, 2.75) is 38.7 Å². The van der Waals surface area contributed by atoms with Gasteiger partial charge in [0.1, 0.15) is 12.0 Å². The van der Waals surface area contributed by atoms with E-state index in [2.05, 4.69) is 5.32 Å². The normalized spacial score (nSPS) is 11.9. The predicted molar refractivity (Wildman–Crippen MR) is 77.5 cm³/mol. The van der Waals surface area contributed by atoms with E-state index in [1.165, 1.54) is 6.07 Å². The summed E-state index contributed by atoms with van der Waals surface area (Å²) in [7, 11) is 0. The van der Waals surface area contributed by atoms with Gasteiger partial charge in [0.25, 0.3) is 5.92 Å². The predicted octanol–water partition coefficient (Wildman–Crippen LogP) is 4.25. The molecular weight excluding hydrogens is 320 g/mol. The zero-order valence-electron chi connectivity index (χ0n) is 12.2. The summed E-state index contributed by atoms with van der Waals surface area (Å²) in [6, 6.07) is 3.38. The highest BCUT2D eigenvalue weighted by Gasteiger charge is 2.37. The van der Waals surface area contributed by atoms with Crippen molar-refractivity contribution in [3.8, 4) is 0 Å². The number of hydrogen-bond donors (Lipinski definition) is 2. The molecule has 0 unspecified atom stereocenters. The fourth-order valence-corrected chi connectivity index (χ4v) is 1.80. The van der Waals surface area contributed by atoms with Crippen LogP contribution in [0.25, 0.3) is 0 Å². The van der Waals surface area contributed by atoms with Crippen LogP contribution in [-0.2, 0) is 15.5 Å². The standard InChI is InChI=1S/C14H16ClF2NO4/c1-13(2,3)22-12(21)18-10-5-4-8(15)6-9(10)14(16,17)7-11(19)20/h4-6H,7H2,1-3H3,(H,18,21)(H,19,20). The van der Waals surface area contributed by atoms with E-state index in [0.717, 1.165) is 12.1 Å². The zero-order valence-corrected chi connectivity index (χ0v) is 13.0. The minimum Gasteiger partial charge on any atom is -0.481 e. The van der Waals surface area contributed by atoms with Gasteiger partial charge in [-0.05, 0) is 39.0 Å². The number of hydrogen-bond acceptors (Lipinski definition) is 3.